The molecule has 0 aromatic heterocycles. The summed E-state index contributed by atoms with van der Waals surface area (Å²) >= 11 is 0. The van der Waals surface area contributed by atoms with E-state index in [4.69, 9.17) is 5.73 Å². The standard InChI is InChI=1S/C14H23N3O2S/c1-20(18,19)12-11-16-7-2-8-17(10-9-16)14-5-3-13(15)4-6-14/h3-6H,2,7-12,15H2,1H3. The molecule has 1 aliphatic heterocycles. The fourth-order valence-electron chi connectivity index (χ4n) is 2.43. The highest BCUT2D eigenvalue weighted by molar-refractivity contribution is 7.90. The molecule has 112 valence electrons. The number of hydrogen-bond acceptors (Lipinski definition) is 5. The molecule has 20 heavy (non-hydrogen) atoms. The maximum Gasteiger partial charge on any atom is 0.148 e. The van der Waals surface area contributed by atoms with Gasteiger partial charge in [-0.15, -0.1) is 0 Å². The topological polar surface area (TPSA) is 66.6 Å². The summed E-state index contributed by atoms with van der Waals surface area (Å²) in [5.74, 6) is 0.245. The number of nitrogens with zero attached hydrogens (tertiary/aromatic N) is 2. The van der Waals surface area contributed by atoms with Gasteiger partial charge in [-0.1, -0.05) is 0 Å². The van der Waals surface area contributed by atoms with Crippen LogP contribution in [0.3, 0.4) is 0 Å². The van der Waals surface area contributed by atoms with Crippen LogP contribution in [0.2, 0.25) is 0 Å². The number of sulfone groups is 1. The predicted octanol–water partition coefficient (Wildman–Crippen LogP) is 0.826. The Morgan fingerprint density at radius 1 is 1.10 bits per heavy atom. The maximum atomic E-state index is 11.2. The molecular weight excluding hydrogens is 274 g/mol. The lowest BCUT2D eigenvalue weighted by Crippen LogP contribution is -2.33. The second kappa shape index (κ2) is 6.45. The van der Waals surface area contributed by atoms with Crippen LogP contribution in [0.25, 0.3) is 0 Å². The smallest absolute Gasteiger partial charge is 0.148 e. The predicted molar refractivity (Wildman–Crippen MR) is 83.8 cm³/mol. The number of nitrogens with two attached hydrogens (primary N) is 1. The second-order valence-electron chi connectivity index (χ2n) is 5.40. The minimum Gasteiger partial charge on any atom is -0.399 e. The average molecular weight is 297 g/mol. The molecule has 1 saturated heterocycles. The van der Waals surface area contributed by atoms with E-state index in [9.17, 15) is 8.42 Å². The third-order valence-electron chi connectivity index (χ3n) is 3.63. The zero-order valence-corrected chi connectivity index (χ0v) is 12.8. The highest BCUT2D eigenvalue weighted by Gasteiger charge is 2.16. The maximum absolute atomic E-state index is 11.2. The van der Waals surface area contributed by atoms with E-state index < -0.39 is 9.84 Å². The molecule has 0 atom stereocenters. The van der Waals surface area contributed by atoms with Crippen LogP contribution < -0.4 is 10.6 Å². The third-order valence-corrected chi connectivity index (χ3v) is 4.55. The second-order valence-corrected chi connectivity index (χ2v) is 7.66. The van der Waals surface area contributed by atoms with Crippen molar-refractivity contribution < 1.29 is 8.42 Å². The van der Waals surface area contributed by atoms with Crippen molar-refractivity contribution in [3.05, 3.63) is 24.3 Å². The highest BCUT2D eigenvalue weighted by atomic mass is 32.2. The van der Waals surface area contributed by atoms with Crippen LogP contribution in [-0.2, 0) is 9.84 Å². The number of anilines is 2. The zero-order valence-electron chi connectivity index (χ0n) is 12.0. The first-order chi connectivity index (χ1) is 9.44. The Hall–Kier alpha value is -1.27. The van der Waals surface area contributed by atoms with Crippen LogP contribution in [0.5, 0.6) is 0 Å². The Labute approximate surface area is 121 Å². The van der Waals surface area contributed by atoms with Crippen molar-refractivity contribution in [2.75, 3.05) is 55.4 Å². The molecule has 0 aliphatic carbocycles. The largest absolute Gasteiger partial charge is 0.399 e. The normalized spacial score (nSPS) is 17.9. The summed E-state index contributed by atoms with van der Waals surface area (Å²) in [6, 6.07) is 7.92. The number of hydrogen-bond donors (Lipinski definition) is 1. The molecule has 0 spiro atoms. The molecule has 0 radical (unpaired) electrons. The summed E-state index contributed by atoms with van der Waals surface area (Å²) in [6.07, 6.45) is 2.35. The molecule has 0 unspecified atom stereocenters. The Morgan fingerprint density at radius 2 is 1.80 bits per heavy atom. The monoisotopic (exact) mass is 297 g/mol. The van der Waals surface area contributed by atoms with Gasteiger partial charge in [0.25, 0.3) is 0 Å². The van der Waals surface area contributed by atoms with Crippen LogP contribution in [-0.4, -0.2) is 58.1 Å². The van der Waals surface area contributed by atoms with Gasteiger partial charge in [-0.2, -0.15) is 0 Å². The van der Waals surface area contributed by atoms with Gasteiger partial charge >= 0.3 is 0 Å². The Bertz CT molecular complexity index is 528. The van der Waals surface area contributed by atoms with E-state index in [1.165, 1.54) is 11.9 Å². The molecule has 1 aromatic rings. The van der Waals surface area contributed by atoms with Crippen molar-refractivity contribution in [2.45, 2.75) is 6.42 Å². The van der Waals surface area contributed by atoms with Crippen molar-refractivity contribution in [3.8, 4) is 0 Å². The van der Waals surface area contributed by atoms with E-state index in [0.717, 1.165) is 38.3 Å². The minimum atomic E-state index is -2.88. The molecule has 1 aliphatic rings. The van der Waals surface area contributed by atoms with Crippen molar-refractivity contribution in [1.29, 1.82) is 0 Å². The molecule has 2 rings (SSSR count). The summed E-state index contributed by atoms with van der Waals surface area (Å²) in [5.41, 5.74) is 7.67. The first-order valence-electron chi connectivity index (χ1n) is 6.95. The van der Waals surface area contributed by atoms with Gasteiger partial charge < -0.3 is 15.5 Å². The van der Waals surface area contributed by atoms with Gasteiger partial charge in [0.15, 0.2) is 0 Å². The van der Waals surface area contributed by atoms with Crippen molar-refractivity contribution in [3.63, 3.8) is 0 Å². The molecule has 0 amide bonds. The molecule has 5 nitrogen and oxygen atoms in total. The van der Waals surface area contributed by atoms with Gasteiger partial charge in [0.1, 0.15) is 9.84 Å². The van der Waals surface area contributed by atoms with Gasteiger partial charge in [-0.05, 0) is 37.2 Å². The molecule has 2 N–H and O–H groups in total. The molecule has 1 heterocycles. The Balaban J connectivity index is 1.90. The highest BCUT2D eigenvalue weighted by Crippen LogP contribution is 2.18. The molecule has 1 fully saturated rings. The summed E-state index contributed by atoms with van der Waals surface area (Å²) in [6.45, 7) is 4.42. The fourth-order valence-corrected chi connectivity index (χ4v) is 3.02. The third kappa shape index (κ3) is 4.68. The molecule has 6 heteroatoms. The van der Waals surface area contributed by atoms with E-state index in [2.05, 4.69) is 9.80 Å². The molecule has 0 bridgehead atoms. The SMILES string of the molecule is CS(=O)(=O)CCN1CCCN(c2ccc(N)cc2)CC1. The average Bonchev–Trinajstić information content (AvgIpc) is 2.62. The Kier molecular flexibility index (Phi) is 4.88. The van der Waals surface area contributed by atoms with Gasteiger partial charge in [-0.25, -0.2) is 8.42 Å². The quantitative estimate of drug-likeness (QED) is 0.834. The minimum absolute atomic E-state index is 0.245. The number of rotatable bonds is 4. The Morgan fingerprint density at radius 3 is 2.45 bits per heavy atom. The molecule has 1 aromatic carbocycles. The molecular formula is C14H23N3O2S. The van der Waals surface area contributed by atoms with Gasteiger partial charge in [0.2, 0.25) is 0 Å². The first-order valence-corrected chi connectivity index (χ1v) is 9.01. The van der Waals surface area contributed by atoms with E-state index in [-0.39, 0.29) is 5.75 Å². The summed E-state index contributed by atoms with van der Waals surface area (Å²) in [4.78, 5) is 4.57. The van der Waals surface area contributed by atoms with Crippen LogP contribution in [0, 0.1) is 0 Å². The molecule has 0 saturated carbocycles. The van der Waals surface area contributed by atoms with E-state index in [1.807, 2.05) is 24.3 Å². The number of nitrogen functional groups attached to an aromatic ring is 1. The van der Waals surface area contributed by atoms with Crippen LogP contribution >= 0.6 is 0 Å². The summed E-state index contributed by atoms with van der Waals surface area (Å²) < 4.78 is 22.5. The lowest BCUT2D eigenvalue weighted by Gasteiger charge is -2.23. The first kappa shape index (κ1) is 15.1. The van der Waals surface area contributed by atoms with E-state index in [0.29, 0.717) is 6.54 Å². The van der Waals surface area contributed by atoms with Gasteiger partial charge in [0, 0.05) is 43.8 Å². The zero-order chi connectivity index (χ0) is 14.6. The van der Waals surface area contributed by atoms with E-state index >= 15 is 0 Å². The van der Waals surface area contributed by atoms with Crippen LogP contribution in [0.15, 0.2) is 24.3 Å². The lowest BCUT2D eigenvalue weighted by molar-refractivity contribution is 0.310. The van der Waals surface area contributed by atoms with Crippen LogP contribution in [0.4, 0.5) is 11.4 Å². The van der Waals surface area contributed by atoms with Crippen molar-refractivity contribution in [1.82, 2.24) is 4.90 Å². The summed E-state index contributed by atoms with van der Waals surface area (Å²) in [5, 5.41) is 0. The van der Waals surface area contributed by atoms with Gasteiger partial charge in [0.05, 0.1) is 5.75 Å². The summed E-state index contributed by atoms with van der Waals surface area (Å²) in [7, 11) is -2.88. The van der Waals surface area contributed by atoms with E-state index in [1.54, 1.807) is 0 Å². The fraction of sp³-hybridized carbons (Fsp3) is 0.571. The number of benzene rings is 1. The van der Waals surface area contributed by atoms with Crippen molar-refractivity contribution in [2.24, 2.45) is 0 Å². The van der Waals surface area contributed by atoms with Crippen LogP contribution in [0.1, 0.15) is 6.42 Å². The van der Waals surface area contributed by atoms with Crippen molar-refractivity contribution >= 4 is 21.2 Å². The lowest BCUT2D eigenvalue weighted by atomic mass is 10.2. The van der Waals surface area contributed by atoms with Gasteiger partial charge in [-0.3, -0.25) is 0 Å².